The van der Waals surface area contributed by atoms with Crippen LogP contribution in [0.5, 0.6) is 0 Å². The molecule has 0 aromatic carbocycles. The lowest BCUT2D eigenvalue weighted by molar-refractivity contribution is -0.283. The molecule has 0 aliphatic heterocycles. The van der Waals surface area contributed by atoms with Gasteiger partial charge in [-0.15, -0.1) is 0 Å². The average molecular weight is 442 g/mol. The fourth-order valence-electron chi connectivity index (χ4n) is 6.93. The second-order valence-corrected chi connectivity index (χ2v) is 12.1. The van der Waals surface area contributed by atoms with Crippen molar-refractivity contribution in [3.05, 3.63) is 0 Å². The van der Waals surface area contributed by atoms with Crippen LogP contribution in [0.2, 0.25) is 0 Å². The summed E-state index contributed by atoms with van der Waals surface area (Å²) in [5, 5.41) is 0. The van der Waals surface area contributed by atoms with Crippen LogP contribution in [0.4, 0.5) is 0 Å². The minimum Gasteiger partial charge on any atom is -0.0774 e. The second kappa shape index (κ2) is 2.29. The first-order chi connectivity index (χ1) is 7.08. The summed E-state index contributed by atoms with van der Waals surface area (Å²) in [6.07, 6.45) is 5.91. The molecule has 5 rings (SSSR count). The first kappa shape index (κ1) is 11.3. The van der Waals surface area contributed by atoms with Crippen LogP contribution >= 0.6 is 45.2 Å². The van der Waals surface area contributed by atoms with Crippen LogP contribution in [-0.2, 0) is 0 Å². The van der Waals surface area contributed by atoms with Crippen molar-refractivity contribution in [3.8, 4) is 0 Å². The third-order valence-electron chi connectivity index (χ3n) is 8.21. The summed E-state index contributed by atoms with van der Waals surface area (Å²) in [6, 6.07) is 0. The van der Waals surface area contributed by atoms with E-state index in [0.29, 0.717) is 28.5 Å². The lowest BCUT2D eigenvalue weighted by atomic mass is 9.28. The normalized spacial score (nSPS) is 79.1. The molecule has 0 aromatic rings. The molecule has 0 saturated heterocycles. The molecule has 0 aromatic heterocycles. The van der Waals surface area contributed by atoms with Gasteiger partial charge in [-0.1, -0.05) is 72.9 Å². The minimum atomic E-state index is 0.602. The maximum Gasteiger partial charge on any atom is 0.0379 e. The molecule has 0 radical (unpaired) electrons. The van der Waals surface area contributed by atoms with Gasteiger partial charge in [0.15, 0.2) is 0 Å². The summed E-state index contributed by atoms with van der Waals surface area (Å²) >= 11 is 5.69. The van der Waals surface area contributed by atoms with E-state index in [1.165, 1.54) is 25.7 Å². The van der Waals surface area contributed by atoms with Gasteiger partial charge in [0.25, 0.3) is 0 Å². The summed E-state index contributed by atoms with van der Waals surface area (Å²) in [5.74, 6) is 0. The van der Waals surface area contributed by atoms with Crippen LogP contribution in [0.25, 0.3) is 0 Å². The fourth-order valence-corrected chi connectivity index (χ4v) is 10.7. The average Bonchev–Trinajstić information content (AvgIpc) is 2.40. The van der Waals surface area contributed by atoms with Crippen molar-refractivity contribution in [2.75, 3.05) is 0 Å². The van der Waals surface area contributed by atoms with Gasteiger partial charge in [0.05, 0.1) is 0 Å². The van der Waals surface area contributed by atoms with Gasteiger partial charge in [-0.05, 0) is 47.3 Å². The van der Waals surface area contributed by atoms with E-state index < -0.39 is 0 Å². The van der Waals surface area contributed by atoms with Crippen LogP contribution in [0.15, 0.2) is 0 Å². The summed E-state index contributed by atoms with van der Waals surface area (Å²) < 4.78 is 1.20. The molecule has 0 nitrogen and oxygen atoms in total. The molecule has 5 saturated carbocycles. The van der Waals surface area contributed by atoms with Gasteiger partial charge in [-0.25, -0.2) is 0 Å². The molecule has 5 aliphatic rings. The van der Waals surface area contributed by atoms with Crippen LogP contribution in [-0.4, -0.2) is 6.84 Å². The van der Waals surface area contributed by atoms with Crippen molar-refractivity contribution >= 4 is 45.2 Å². The summed E-state index contributed by atoms with van der Waals surface area (Å²) in [4.78, 5) is 0. The van der Waals surface area contributed by atoms with Crippen molar-refractivity contribution in [1.82, 2.24) is 0 Å². The van der Waals surface area contributed by atoms with E-state index >= 15 is 0 Å². The van der Waals surface area contributed by atoms with Crippen LogP contribution < -0.4 is 0 Å². The molecule has 0 unspecified atom stereocenters. The van der Waals surface area contributed by atoms with E-state index in [2.05, 4.69) is 72.9 Å². The molecule has 5 aliphatic carbocycles. The van der Waals surface area contributed by atoms with Crippen molar-refractivity contribution in [1.29, 1.82) is 0 Å². The zero-order valence-corrected chi connectivity index (χ0v) is 14.9. The molecule has 0 atom stereocenters. The smallest absolute Gasteiger partial charge is 0.0379 e. The van der Waals surface area contributed by atoms with Crippen LogP contribution in [0, 0.1) is 21.7 Å². The molecule has 0 N–H and O–H groups in total. The lowest BCUT2D eigenvalue weighted by Crippen LogP contribution is -2.70. The highest BCUT2D eigenvalue weighted by atomic mass is 127. The van der Waals surface area contributed by atoms with Gasteiger partial charge in [-0.3, -0.25) is 0 Å². The van der Waals surface area contributed by atoms with Crippen LogP contribution in [0.3, 0.4) is 0 Å². The Morgan fingerprint density at radius 2 is 0.750 bits per heavy atom. The Bertz CT molecular complexity index is 342. The Balaban J connectivity index is 2.05. The maximum atomic E-state index is 2.84. The lowest BCUT2D eigenvalue weighted by Gasteiger charge is -2.76. The van der Waals surface area contributed by atoms with Crippen molar-refractivity contribution in [2.45, 2.75) is 60.2 Å². The van der Waals surface area contributed by atoms with Gasteiger partial charge in [0.1, 0.15) is 0 Å². The van der Waals surface area contributed by atoms with Gasteiger partial charge in [-0.2, -0.15) is 0 Å². The van der Waals surface area contributed by atoms with Gasteiger partial charge >= 0.3 is 0 Å². The molecular weight excluding hydrogens is 422 g/mol. The Hall–Kier alpha value is 1.46. The van der Waals surface area contributed by atoms with Gasteiger partial charge < -0.3 is 0 Å². The minimum absolute atomic E-state index is 0.602. The van der Waals surface area contributed by atoms with E-state index in [4.69, 9.17) is 0 Å². The SMILES string of the molecule is CC12CC3(I)CC1(C)C1(C)CC3(I)CC21C. The van der Waals surface area contributed by atoms with E-state index in [9.17, 15) is 0 Å². The number of hydrogen-bond donors (Lipinski definition) is 0. The van der Waals surface area contributed by atoms with Crippen molar-refractivity contribution < 1.29 is 0 Å². The molecular formula is C14H20I2. The zero-order chi connectivity index (χ0) is 11.8. The van der Waals surface area contributed by atoms with Gasteiger partial charge in [0.2, 0.25) is 0 Å². The Kier molecular flexibility index (Phi) is 1.62. The van der Waals surface area contributed by atoms with Gasteiger partial charge in [0, 0.05) is 6.84 Å². The highest BCUT2D eigenvalue weighted by Gasteiger charge is 2.93. The standard InChI is InChI=1S/C14H20I2/c1-9-5-13(15)6-10(9,2)12(4)8-14(13,16)7-11(9,12)3/h5-8H2,1-4H3. The van der Waals surface area contributed by atoms with E-state index in [1.54, 1.807) is 0 Å². The molecule has 0 heterocycles. The summed E-state index contributed by atoms with van der Waals surface area (Å²) in [5.41, 5.74) is 2.50. The highest BCUT2D eigenvalue weighted by molar-refractivity contribution is 14.1. The molecule has 0 spiro atoms. The van der Waals surface area contributed by atoms with Crippen molar-refractivity contribution in [3.63, 3.8) is 0 Å². The third-order valence-corrected chi connectivity index (χ3v) is 12.8. The predicted molar refractivity (Wildman–Crippen MR) is 84.4 cm³/mol. The maximum absolute atomic E-state index is 2.84. The van der Waals surface area contributed by atoms with Crippen LogP contribution in [0.1, 0.15) is 53.4 Å². The topological polar surface area (TPSA) is 0 Å². The summed E-state index contributed by atoms with van der Waals surface area (Å²) in [7, 11) is 0. The molecule has 5 fully saturated rings. The molecule has 2 heteroatoms. The van der Waals surface area contributed by atoms with Crippen molar-refractivity contribution in [2.24, 2.45) is 21.7 Å². The predicted octanol–water partition coefficient (Wildman–Crippen LogP) is 4.97. The molecule has 90 valence electrons. The molecule has 16 heavy (non-hydrogen) atoms. The third kappa shape index (κ3) is 0.651. The highest BCUT2D eigenvalue weighted by Crippen LogP contribution is 2.98. The Morgan fingerprint density at radius 1 is 0.562 bits per heavy atom. The monoisotopic (exact) mass is 442 g/mol. The summed E-state index contributed by atoms with van der Waals surface area (Å²) in [6.45, 7) is 10.4. The number of alkyl halides is 2. The first-order valence-corrected chi connectivity index (χ1v) is 8.61. The van der Waals surface area contributed by atoms with E-state index in [-0.39, 0.29) is 0 Å². The number of rotatable bonds is 0. The fraction of sp³-hybridized carbons (Fsp3) is 1.00. The Labute approximate surface area is 126 Å². The Morgan fingerprint density at radius 3 is 0.938 bits per heavy atom. The molecule has 6 bridgehead atoms. The van der Waals surface area contributed by atoms with E-state index in [0.717, 1.165) is 0 Å². The number of halogens is 2. The second-order valence-electron chi connectivity index (χ2n) is 7.97. The quantitative estimate of drug-likeness (QED) is 0.367. The largest absolute Gasteiger partial charge is 0.0774 e. The zero-order valence-electron chi connectivity index (χ0n) is 10.6. The number of hydrogen-bond acceptors (Lipinski definition) is 0. The molecule has 0 amide bonds. The van der Waals surface area contributed by atoms with E-state index in [1.807, 2.05) is 0 Å². The first-order valence-electron chi connectivity index (χ1n) is 6.46.